The highest BCUT2D eigenvalue weighted by molar-refractivity contribution is 5.89. The van der Waals surface area contributed by atoms with E-state index in [1.807, 2.05) is 0 Å². The monoisotopic (exact) mass is 267 g/mol. The zero-order valence-corrected chi connectivity index (χ0v) is 12.0. The summed E-state index contributed by atoms with van der Waals surface area (Å²) in [6.45, 7) is 6.95. The van der Waals surface area contributed by atoms with E-state index in [1.54, 1.807) is 6.07 Å². The fourth-order valence-corrected chi connectivity index (χ4v) is 2.00. The molecular formula is C15H22FNO2. The van der Waals surface area contributed by atoms with Crippen molar-refractivity contribution >= 4 is 5.97 Å². The molecule has 0 aliphatic rings. The Labute approximate surface area is 114 Å². The molecule has 106 valence electrons. The number of halogens is 1. The normalized spacial score (nSPS) is 11.4. The molecule has 1 aromatic rings. The number of carbonyl (C=O) groups excluding carboxylic acids is 1. The van der Waals surface area contributed by atoms with Crippen LogP contribution in [0.5, 0.6) is 0 Å². The number of benzene rings is 1. The number of methoxy groups -OCH3 is 1. The van der Waals surface area contributed by atoms with Crippen LogP contribution in [-0.2, 0) is 11.3 Å². The molecule has 0 spiro atoms. The lowest BCUT2D eigenvalue weighted by molar-refractivity contribution is 0.0595. The van der Waals surface area contributed by atoms with Crippen molar-refractivity contribution in [1.82, 2.24) is 5.32 Å². The third-order valence-corrected chi connectivity index (χ3v) is 3.08. The first-order valence-electron chi connectivity index (χ1n) is 6.51. The van der Waals surface area contributed by atoms with Crippen molar-refractivity contribution < 1.29 is 13.9 Å². The Hall–Kier alpha value is -1.42. The van der Waals surface area contributed by atoms with E-state index in [1.165, 1.54) is 19.2 Å². The van der Waals surface area contributed by atoms with Gasteiger partial charge in [-0.15, -0.1) is 0 Å². The van der Waals surface area contributed by atoms with Crippen molar-refractivity contribution in [3.8, 4) is 0 Å². The van der Waals surface area contributed by atoms with Gasteiger partial charge in [0.2, 0.25) is 0 Å². The number of esters is 1. The van der Waals surface area contributed by atoms with Gasteiger partial charge in [-0.3, -0.25) is 0 Å². The second kappa shape index (κ2) is 6.66. The molecule has 0 aromatic heterocycles. The van der Waals surface area contributed by atoms with Crippen LogP contribution in [0, 0.1) is 5.82 Å². The maximum absolute atomic E-state index is 13.7. The third-order valence-electron chi connectivity index (χ3n) is 3.08. The molecule has 0 saturated carbocycles. The van der Waals surface area contributed by atoms with Gasteiger partial charge in [-0.2, -0.15) is 0 Å². The molecule has 4 heteroatoms. The average Bonchev–Trinajstić information content (AvgIpc) is 2.36. The molecule has 1 rings (SSSR count). The van der Waals surface area contributed by atoms with Crippen LogP contribution in [0.2, 0.25) is 0 Å². The lowest BCUT2D eigenvalue weighted by Crippen LogP contribution is -2.38. The summed E-state index contributed by atoms with van der Waals surface area (Å²) in [4.78, 5) is 11.3. The molecule has 19 heavy (non-hydrogen) atoms. The third kappa shape index (κ3) is 4.63. The van der Waals surface area contributed by atoms with Crippen molar-refractivity contribution in [2.75, 3.05) is 7.11 Å². The minimum atomic E-state index is -0.650. The number of hydrogen-bond donors (Lipinski definition) is 1. The quantitative estimate of drug-likeness (QED) is 0.804. The molecule has 3 nitrogen and oxygen atoms in total. The van der Waals surface area contributed by atoms with Crippen molar-refractivity contribution in [1.29, 1.82) is 0 Å². The minimum Gasteiger partial charge on any atom is -0.465 e. The molecule has 1 N–H and O–H groups in total. The van der Waals surface area contributed by atoms with Gasteiger partial charge < -0.3 is 10.1 Å². The van der Waals surface area contributed by atoms with Crippen LogP contribution >= 0.6 is 0 Å². The predicted molar refractivity (Wildman–Crippen MR) is 73.6 cm³/mol. The van der Waals surface area contributed by atoms with E-state index < -0.39 is 11.8 Å². The largest absolute Gasteiger partial charge is 0.465 e. The molecule has 0 aliphatic heterocycles. The molecule has 0 atom stereocenters. The highest BCUT2D eigenvalue weighted by Crippen LogP contribution is 2.15. The minimum absolute atomic E-state index is 0.0201. The van der Waals surface area contributed by atoms with E-state index in [0.717, 1.165) is 18.4 Å². The average molecular weight is 267 g/mol. The van der Waals surface area contributed by atoms with E-state index in [9.17, 15) is 9.18 Å². The summed E-state index contributed by atoms with van der Waals surface area (Å²) >= 11 is 0. The summed E-state index contributed by atoms with van der Waals surface area (Å²) in [7, 11) is 1.24. The van der Waals surface area contributed by atoms with Crippen LogP contribution in [0.4, 0.5) is 4.39 Å². The van der Waals surface area contributed by atoms with Crippen LogP contribution in [-0.4, -0.2) is 18.6 Å². The lowest BCUT2D eigenvalue weighted by atomic mass is 9.98. The first kappa shape index (κ1) is 15.6. The second-order valence-corrected chi connectivity index (χ2v) is 5.29. The van der Waals surface area contributed by atoms with Crippen LogP contribution < -0.4 is 5.32 Å². The van der Waals surface area contributed by atoms with E-state index in [4.69, 9.17) is 0 Å². The van der Waals surface area contributed by atoms with Gasteiger partial charge in [-0.1, -0.05) is 19.4 Å². The molecule has 0 saturated heterocycles. The van der Waals surface area contributed by atoms with Crippen molar-refractivity contribution in [2.24, 2.45) is 0 Å². The standard InChI is InChI=1S/C15H22FNO2/c1-5-8-15(2,3)17-10-11-6-7-12(13(16)9-11)14(18)19-4/h6-7,9,17H,5,8,10H2,1-4H3. The fraction of sp³-hybridized carbons (Fsp3) is 0.533. The number of nitrogens with one attached hydrogen (secondary N) is 1. The van der Waals surface area contributed by atoms with E-state index in [0.29, 0.717) is 6.54 Å². The number of ether oxygens (including phenoxy) is 1. The van der Waals surface area contributed by atoms with Crippen molar-refractivity contribution in [3.63, 3.8) is 0 Å². The van der Waals surface area contributed by atoms with Crippen LogP contribution in [0.3, 0.4) is 0 Å². The Kier molecular flexibility index (Phi) is 5.48. The highest BCUT2D eigenvalue weighted by Gasteiger charge is 2.16. The van der Waals surface area contributed by atoms with Crippen LogP contribution in [0.1, 0.15) is 49.5 Å². The van der Waals surface area contributed by atoms with E-state index >= 15 is 0 Å². The SMILES string of the molecule is CCCC(C)(C)NCc1ccc(C(=O)OC)c(F)c1. The topological polar surface area (TPSA) is 38.3 Å². The summed E-state index contributed by atoms with van der Waals surface area (Å²) in [6, 6.07) is 4.58. The van der Waals surface area contributed by atoms with Crippen LogP contribution in [0.25, 0.3) is 0 Å². The molecule has 1 aromatic carbocycles. The van der Waals surface area contributed by atoms with Crippen molar-refractivity contribution in [3.05, 3.63) is 35.1 Å². The molecular weight excluding hydrogens is 245 g/mol. The first-order chi connectivity index (χ1) is 8.89. The Morgan fingerprint density at radius 1 is 1.42 bits per heavy atom. The van der Waals surface area contributed by atoms with Gasteiger partial charge in [0.05, 0.1) is 12.7 Å². The first-order valence-corrected chi connectivity index (χ1v) is 6.51. The van der Waals surface area contributed by atoms with Crippen LogP contribution in [0.15, 0.2) is 18.2 Å². The summed E-state index contributed by atoms with van der Waals surface area (Å²) in [5, 5.41) is 3.38. The Morgan fingerprint density at radius 3 is 2.63 bits per heavy atom. The smallest absolute Gasteiger partial charge is 0.340 e. The van der Waals surface area contributed by atoms with E-state index in [-0.39, 0.29) is 11.1 Å². The van der Waals surface area contributed by atoms with Gasteiger partial charge in [0, 0.05) is 12.1 Å². The maximum atomic E-state index is 13.7. The molecule has 0 amide bonds. The van der Waals surface area contributed by atoms with Gasteiger partial charge in [-0.25, -0.2) is 9.18 Å². The van der Waals surface area contributed by atoms with Gasteiger partial charge in [0.1, 0.15) is 5.82 Å². The Balaban J connectivity index is 2.71. The second-order valence-electron chi connectivity index (χ2n) is 5.29. The number of rotatable bonds is 6. The Bertz CT molecular complexity index is 444. The summed E-state index contributed by atoms with van der Waals surface area (Å²) in [5.41, 5.74) is 0.806. The number of carbonyl (C=O) groups is 1. The molecule has 0 radical (unpaired) electrons. The molecule has 0 unspecified atom stereocenters. The molecule has 0 fully saturated rings. The summed E-state index contributed by atoms with van der Waals surface area (Å²) in [5.74, 6) is -1.19. The zero-order valence-electron chi connectivity index (χ0n) is 12.0. The zero-order chi connectivity index (χ0) is 14.5. The van der Waals surface area contributed by atoms with Gasteiger partial charge in [0.25, 0.3) is 0 Å². The lowest BCUT2D eigenvalue weighted by Gasteiger charge is -2.26. The van der Waals surface area contributed by atoms with Crippen molar-refractivity contribution in [2.45, 2.75) is 45.7 Å². The maximum Gasteiger partial charge on any atom is 0.340 e. The fourth-order valence-electron chi connectivity index (χ4n) is 2.00. The summed E-state index contributed by atoms with van der Waals surface area (Å²) < 4.78 is 18.2. The molecule has 0 heterocycles. The highest BCUT2D eigenvalue weighted by atomic mass is 19.1. The number of hydrogen-bond acceptors (Lipinski definition) is 3. The molecule has 0 bridgehead atoms. The predicted octanol–water partition coefficient (Wildman–Crippen LogP) is 3.28. The van der Waals surface area contributed by atoms with E-state index in [2.05, 4.69) is 30.8 Å². The Morgan fingerprint density at radius 2 is 2.11 bits per heavy atom. The van der Waals surface area contributed by atoms with Gasteiger partial charge in [0.15, 0.2) is 0 Å². The molecule has 0 aliphatic carbocycles. The van der Waals surface area contributed by atoms with Gasteiger partial charge >= 0.3 is 5.97 Å². The van der Waals surface area contributed by atoms with Gasteiger partial charge in [-0.05, 0) is 38.0 Å². The summed E-state index contributed by atoms with van der Waals surface area (Å²) in [6.07, 6.45) is 2.14.